The van der Waals surface area contributed by atoms with Crippen LogP contribution in [-0.4, -0.2) is 15.9 Å². The molecule has 100 valence electrons. The Balaban J connectivity index is 1.86. The maximum atomic E-state index is 13.0. The highest BCUT2D eigenvalue weighted by atomic mass is 35.5. The Bertz CT molecular complexity index is 767. The second-order valence-corrected chi connectivity index (χ2v) is 4.61. The highest BCUT2D eigenvalue weighted by Gasteiger charge is 2.11. The van der Waals surface area contributed by atoms with Crippen molar-refractivity contribution >= 4 is 34.2 Å². The summed E-state index contributed by atoms with van der Waals surface area (Å²) in [5, 5.41) is 2.60. The first-order chi connectivity index (χ1) is 9.63. The highest BCUT2D eigenvalue weighted by Crippen LogP contribution is 2.20. The molecule has 1 aromatic carbocycles. The smallest absolute Gasteiger partial charge is 0.272 e. The van der Waals surface area contributed by atoms with Crippen molar-refractivity contribution in [2.75, 3.05) is 5.32 Å². The first-order valence-corrected chi connectivity index (χ1v) is 6.21. The largest absolute Gasteiger partial charge is 0.349 e. The highest BCUT2D eigenvalue weighted by molar-refractivity contribution is 6.31. The predicted molar refractivity (Wildman–Crippen MR) is 75.5 cm³/mol. The Morgan fingerprint density at radius 1 is 1.30 bits per heavy atom. The fourth-order valence-electron chi connectivity index (χ4n) is 1.85. The molecule has 0 aliphatic carbocycles. The fourth-order valence-corrected chi connectivity index (χ4v) is 2.03. The van der Waals surface area contributed by atoms with Crippen LogP contribution in [-0.2, 0) is 0 Å². The predicted octanol–water partition coefficient (Wildman–Crippen LogP) is 3.61. The van der Waals surface area contributed by atoms with E-state index in [9.17, 15) is 9.18 Å². The third kappa shape index (κ3) is 2.35. The van der Waals surface area contributed by atoms with Crippen molar-refractivity contribution < 1.29 is 9.18 Å². The van der Waals surface area contributed by atoms with E-state index < -0.39 is 5.82 Å². The Kier molecular flexibility index (Phi) is 3.12. The van der Waals surface area contributed by atoms with Crippen molar-refractivity contribution in [3.8, 4) is 0 Å². The standard InChI is InChI=1S/C14H9ClFN3O/c15-9-6-8(3-4-10(9)16)18-14(20)13-7-12-11(19-13)2-1-5-17-12/h1-7,19H,(H,18,20). The Morgan fingerprint density at radius 3 is 2.90 bits per heavy atom. The number of H-pyrrole nitrogens is 1. The second-order valence-electron chi connectivity index (χ2n) is 4.20. The van der Waals surface area contributed by atoms with E-state index in [1.807, 2.05) is 6.07 Å². The molecular formula is C14H9ClFN3O. The van der Waals surface area contributed by atoms with Crippen LogP contribution in [0.2, 0.25) is 5.02 Å². The lowest BCUT2D eigenvalue weighted by Crippen LogP contribution is -2.12. The van der Waals surface area contributed by atoms with Gasteiger partial charge in [-0.1, -0.05) is 11.6 Å². The van der Waals surface area contributed by atoms with E-state index in [2.05, 4.69) is 15.3 Å². The van der Waals surface area contributed by atoms with Gasteiger partial charge in [0.25, 0.3) is 5.91 Å². The minimum Gasteiger partial charge on any atom is -0.349 e. The topological polar surface area (TPSA) is 57.8 Å². The Morgan fingerprint density at radius 2 is 2.15 bits per heavy atom. The number of nitrogens with zero attached hydrogens (tertiary/aromatic N) is 1. The van der Waals surface area contributed by atoms with E-state index in [1.165, 1.54) is 18.2 Å². The second kappa shape index (κ2) is 4.94. The summed E-state index contributed by atoms with van der Waals surface area (Å²) >= 11 is 5.66. The van der Waals surface area contributed by atoms with Gasteiger partial charge in [0.1, 0.15) is 11.5 Å². The summed E-state index contributed by atoms with van der Waals surface area (Å²) in [7, 11) is 0. The molecule has 0 saturated carbocycles. The number of carbonyl (C=O) groups excluding carboxylic acids is 1. The molecule has 2 heterocycles. The molecule has 2 aromatic heterocycles. The van der Waals surface area contributed by atoms with Gasteiger partial charge in [0.2, 0.25) is 0 Å². The summed E-state index contributed by atoms with van der Waals surface area (Å²) in [6.07, 6.45) is 1.65. The van der Waals surface area contributed by atoms with E-state index in [0.717, 1.165) is 5.52 Å². The molecule has 2 N–H and O–H groups in total. The van der Waals surface area contributed by atoms with E-state index in [0.29, 0.717) is 16.9 Å². The van der Waals surface area contributed by atoms with E-state index in [-0.39, 0.29) is 10.9 Å². The van der Waals surface area contributed by atoms with E-state index in [1.54, 1.807) is 18.3 Å². The number of rotatable bonds is 2. The minimum atomic E-state index is -0.528. The number of hydrogen-bond donors (Lipinski definition) is 2. The van der Waals surface area contributed by atoms with Crippen LogP contribution in [0.5, 0.6) is 0 Å². The lowest BCUT2D eigenvalue weighted by Gasteiger charge is -2.04. The molecule has 0 aliphatic heterocycles. The zero-order valence-electron chi connectivity index (χ0n) is 10.2. The quantitative estimate of drug-likeness (QED) is 0.757. The van der Waals surface area contributed by atoms with Crippen molar-refractivity contribution in [2.24, 2.45) is 0 Å². The Hall–Kier alpha value is -2.40. The number of aromatic amines is 1. The third-order valence-electron chi connectivity index (χ3n) is 2.81. The van der Waals surface area contributed by atoms with Crippen LogP contribution in [0.1, 0.15) is 10.5 Å². The number of hydrogen-bond acceptors (Lipinski definition) is 2. The van der Waals surface area contributed by atoms with Crippen LogP contribution in [0.3, 0.4) is 0 Å². The zero-order valence-corrected chi connectivity index (χ0v) is 10.9. The molecule has 3 rings (SSSR count). The lowest BCUT2D eigenvalue weighted by molar-refractivity contribution is 0.102. The van der Waals surface area contributed by atoms with Crippen LogP contribution in [0.4, 0.5) is 10.1 Å². The molecule has 0 atom stereocenters. The summed E-state index contributed by atoms with van der Waals surface area (Å²) in [5.41, 5.74) is 2.27. The van der Waals surface area contributed by atoms with Gasteiger partial charge in [0, 0.05) is 11.9 Å². The normalized spacial score (nSPS) is 10.7. The molecule has 0 saturated heterocycles. The van der Waals surface area contributed by atoms with Gasteiger partial charge >= 0.3 is 0 Å². The number of halogens is 2. The molecule has 1 amide bonds. The summed E-state index contributed by atoms with van der Waals surface area (Å²) in [5.74, 6) is -0.870. The van der Waals surface area contributed by atoms with Crippen molar-refractivity contribution in [1.82, 2.24) is 9.97 Å². The first kappa shape index (κ1) is 12.6. The summed E-state index contributed by atoms with van der Waals surface area (Å²) < 4.78 is 13.0. The molecular weight excluding hydrogens is 281 g/mol. The van der Waals surface area contributed by atoms with Crippen LogP contribution in [0.25, 0.3) is 11.0 Å². The number of benzene rings is 1. The molecule has 20 heavy (non-hydrogen) atoms. The lowest BCUT2D eigenvalue weighted by atomic mass is 10.3. The van der Waals surface area contributed by atoms with Gasteiger partial charge in [0.15, 0.2) is 0 Å². The molecule has 6 heteroatoms. The van der Waals surface area contributed by atoms with E-state index in [4.69, 9.17) is 11.6 Å². The van der Waals surface area contributed by atoms with Crippen molar-refractivity contribution in [2.45, 2.75) is 0 Å². The third-order valence-corrected chi connectivity index (χ3v) is 3.10. The SMILES string of the molecule is O=C(Nc1ccc(F)c(Cl)c1)c1cc2ncccc2[nH]1. The number of nitrogens with one attached hydrogen (secondary N) is 2. The van der Waals surface area contributed by atoms with Gasteiger partial charge in [-0.15, -0.1) is 0 Å². The molecule has 0 fully saturated rings. The van der Waals surface area contributed by atoms with Gasteiger partial charge < -0.3 is 10.3 Å². The van der Waals surface area contributed by atoms with Crippen LogP contribution >= 0.6 is 11.6 Å². The van der Waals surface area contributed by atoms with Gasteiger partial charge in [-0.05, 0) is 36.4 Å². The summed E-state index contributed by atoms with van der Waals surface area (Å²) in [6, 6.07) is 9.25. The van der Waals surface area contributed by atoms with Gasteiger partial charge in [-0.3, -0.25) is 9.78 Å². The number of anilines is 1. The molecule has 0 aliphatic rings. The number of carbonyl (C=O) groups is 1. The monoisotopic (exact) mass is 289 g/mol. The summed E-state index contributed by atoms with van der Waals surface area (Å²) in [4.78, 5) is 19.2. The van der Waals surface area contributed by atoms with Crippen LogP contribution < -0.4 is 5.32 Å². The Labute approximate surface area is 118 Å². The van der Waals surface area contributed by atoms with Crippen LogP contribution in [0, 0.1) is 5.82 Å². The van der Waals surface area contributed by atoms with Gasteiger partial charge in [0.05, 0.1) is 16.1 Å². The number of fused-ring (bicyclic) bond motifs is 1. The maximum absolute atomic E-state index is 13.0. The van der Waals surface area contributed by atoms with Gasteiger partial charge in [-0.2, -0.15) is 0 Å². The minimum absolute atomic E-state index is 0.0406. The fraction of sp³-hybridized carbons (Fsp3) is 0. The molecule has 4 nitrogen and oxygen atoms in total. The van der Waals surface area contributed by atoms with Crippen molar-refractivity contribution in [3.05, 3.63) is 59.1 Å². The maximum Gasteiger partial charge on any atom is 0.272 e. The van der Waals surface area contributed by atoms with Crippen LogP contribution in [0.15, 0.2) is 42.6 Å². The van der Waals surface area contributed by atoms with Crippen molar-refractivity contribution in [3.63, 3.8) is 0 Å². The summed E-state index contributed by atoms with van der Waals surface area (Å²) in [6.45, 7) is 0. The van der Waals surface area contributed by atoms with Crippen molar-refractivity contribution in [1.29, 1.82) is 0 Å². The van der Waals surface area contributed by atoms with E-state index >= 15 is 0 Å². The zero-order chi connectivity index (χ0) is 14.1. The average Bonchev–Trinajstić information content (AvgIpc) is 2.87. The molecule has 0 radical (unpaired) electrons. The number of aromatic nitrogens is 2. The average molecular weight is 290 g/mol. The molecule has 0 unspecified atom stereocenters. The molecule has 0 bridgehead atoms. The van der Waals surface area contributed by atoms with Gasteiger partial charge in [-0.25, -0.2) is 4.39 Å². The molecule has 0 spiro atoms. The first-order valence-electron chi connectivity index (χ1n) is 5.83. The number of pyridine rings is 1. The molecule has 3 aromatic rings. The number of amides is 1.